The first kappa shape index (κ1) is 13.3. The van der Waals surface area contributed by atoms with Gasteiger partial charge in [-0.25, -0.2) is 4.79 Å². The maximum atomic E-state index is 10.9. The van der Waals surface area contributed by atoms with Crippen molar-refractivity contribution in [2.45, 2.75) is 59.0 Å². The van der Waals surface area contributed by atoms with Crippen LogP contribution in [-0.2, 0) is 4.74 Å². The zero-order valence-corrected chi connectivity index (χ0v) is 10.8. The number of carboxylic acid groups (broad SMARTS) is 1. The van der Waals surface area contributed by atoms with E-state index in [2.05, 4.69) is 20.8 Å². The van der Waals surface area contributed by atoms with Crippen LogP contribution in [0.2, 0.25) is 0 Å². The Morgan fingerprint density at radius 3 is 2.56 bits per heavy atom. The maximum Gasteiger partial charge on any atom is 0.506 e. The Morgan fingerprint density at radius 2 is 2.12 bits per heavy atom. The van der Waals surface area contributed by atoms with Gasteiger partial charge >= 0.3 is 6.16 Å². The summed E-state index contributed by atoms with van der Waals surface area (Å²) in [5, 5.41) is 8.93. The summed E-state index contributed by atoms with van der Waals surface area (Å²) in [6, 6.07) is 0. The van der Waals surface area contributed by atoms with Gasteiger partial charge in [-0.05, 0) is 31.1 Å². The summed E-state index contributed by atoms with van der Waals surface area (Å²) in [7, 11) is 0. The van der Waals surface area contributed by atoms with Crippen LogP contribution in [0.4, 0.5) is 4.79 Å². The van der Waals surface area contributed by atoms with E-state index in [4.69, 9.17) is 9.84 Å². The molecule has 1 N–H and O–H groups in total. The Morgan fingerprint density at radius 1 is 1.50 bits per heavy atom. The van der Waals surface area contributed by atoms with E-state index in [0.29, 0.717) is 17.8 Å². The van der Waals surface area contributed by atoms with Gasteiger partial charge in [0, 0.05) is 5.92 Å². The lowest BCUT2D eigenvalue weighted by Gasteiger charge is -2.46. The lowest BCUT2D eigenvalue weighted by atomic mass is 9.66. The van der Waals surface area contributed by atoms with E-state index >= 15 is 0 Å². The number of hydrogen-bond acceptors (Lipinski definition) is 2. The highest BCUT2D eigenvalue weighted by molar-refractivity contribution is 5.57. The SMILES string of the molecule is CC[C@@]1(OC(=O)O)C[C@H](C)CC[C@H]1C(C)C. The van der Waals surface area contributed by atoms with E-state index in [1.807, 2.05) is 6.92 Å². The summed E-state index contributed by atoms with van der Waals surface area (Å²) < 4.78 is 5.29. The van der Waals surface area contributed by atoms with Crippen LogP contribution in [0.3, 0.4) is 0 Å². The molecule has 0 amide bonds. The average Bonchev–Trinajstić information content (AvgIpc) is 2.16. The van der Waals surface area contributed by atoms with E-state index in [0.717, 1.165) is 19.3 Å². The highest BCUT2D eigenvalue weighted by atomic mass is 16.7. The molecule has 0 aromatic rings. The van der Waals surface area contributed by atoms with Crippen molar-refractivity contribution in [1.82, 2.24) is 0 Å². The monoisotopic (exact) mass is 228 g/mol. The summed E-state index contributed by atoms with van der Waals surface area (Å²) in [5.41, 5.74) is -0.447. The van der Waals surface area contributed by atoms with Gasteiger partial charge in [-0.1, -0.05) is 34.1 Å². The topological polar surface area (TPSA) is 46.5 Å². The fourth-order valence-electron chi connectivity index (χ4n) is 3.28. The summed E-state index contributed by atoms with van der Waals surface area (Å²) in [6.07, 6.45) is 2.81. The number of ether oxygens (including phenoxy) is 1. The smallest absolute Gasteiger partial charge is 0.450 e. The largest absolute Gasteiger partial charge is 0.506 e. The van der Waals surface area contributed by atoms with Gasteiger partial charge < -0.3 is 9.84 Å². The Labute approximate surface area is 98.2 Å². The van der Waals surface area contributed by atoms with Crippen molar-refractivity contribution in [3.8, 4) is 0 Å². The minimum Gasteiger partial charge on any atom is -0.450 e. The second-order valence-corrected chi connectivity index (χ2v) is 5.52. The van der Waals surface area contributed by atoms with E-state index in [1.165, 1.54) is 6.42 Å². The predicted octanol–water partition coefficient (Wildman–Crippen LogP) is 3.92. The van der Waals surface area contributed by atoms with Crippen LogP contribution in [0.5, 0.6) is 0 Å². The van der Waals surface area contributed by atoms with Crippen LogP contribution in [-0.4, -0.2) is 16.9 Å². The van der Waals surface area contributed by atoms with Crippen LogP contribution in [0.25, 0.3) is 0 Å². The van der Waals surface area contributed by atoms with E-state index in [-0.39, 0.29) is 0 Å². The molecule has 0 heterocycles. The van der Waals surface area contributed by atoms with E-state index < -0.39 is 11.8 Å². The van der Waals surface area contributed by atoms with Crippen LogP contribution in [0.1, 0.15) is 53.4 Å². The molecule has 0 saturated heterocycles. The molecular formula is C13H24O3. The van der Waals surface area contributed by atoms with E-state index in [1.54, 1.807) is 0 Å². The lowest BCUT2D eigenvalue weighted by molar-refractivity contribution is -0.105. The van der Waals surface area contributed by atoms with Crippen LogP contribution >= 0.6 is 0 Å². The fraction of sp³-hybridized carbons (Fsp3) is 0.923. The van der Waals surface area contributed by atoms with Gasteiger partial charge in [0.2, 0.25) is 0 Å². The Balaban J connectivity index is 2.92. The fourth-order valence-corrected chi connectivity index (χ4v) is 3.28. The van der Waals surface area contributed by atoms with Crippen LogP contribution < -0.4 is 0 Å². The molecule has 3 nitrogen and oxygen atoms in total. The molecule has 0 aromatic heterocycles. The molecule has 0 aliphatic heterocycles. The normalized spacial score (nSPS) is 35.1. The second kappa shape index (κ2) is 5.07. The number of rotatable bonds is 3. The van der Waals surface area contributed by atoms with Gasteiger partial charge in [0.05, 0.1) is 0 Å². The summed E-state index contributed by atoms with van der Waals surface area (Å²) in [5.74, 6) is 1.41. The summed E-state index contributed by atoms with van der Waals surface area (Å²) in [4.78, 5) is 10.9. The Bertz CT molecular complexity index is 250. The minimum atomic E-state index is -1.12. The highest BCUT2D eigenvalue weighted by Crippen LogP contribution is 2.45. The van der Waals surface area contributed by atoms with Gasteiger partial charge in [0.1, 0.15) is 5.60 Å². The van der Waals surface area contributed by atoms with Crippen molar-refractivity contribution in [1.29, 1.82) is 0 Å². The minimum absolute atomic E-state index is 0.366. The number of carbonyl (C=O) groups is 1. The van der Waals surface area contributed by atoms with Gasteiger partial charge in [-0.2, -0.15) is 0 Å². The van der Waals surface area contributed by atoms with Crippen molar-refractivity contribution in [2.24, 2.45) is 17.8 Å². The van der Waals surface area contributed by atoms with Gasteiger partial charge in [0.15, 0.2) is 0 Å². The summed E-state index contributed by atoms with van der Waals surface area (Å²) in [6.45, 7) is 8.55. The molecule has 1 fully saturated rings. The zero-order valence-electron chi connectivity index (χ0n) is 10.8. The molecule has 0 radical (unpaired) electrons. The highest BCUT2D eigenvalue weighted by Gasteiger charge is 2.46. The first-order valence-corrected chi connectivity index (χ1v) is 6.33. The first-order valence-electron chi connectivity index (χ1n) is 6.33. The zero-order chi connectivity index (χ0) is 12.3. The van der Waals surface area contributed by atoms with Crippen molar-refractivity contribution < 1.29 is 14.6 Å². The van der Waals surface area contributed by atoms with Crippen LogP contribution in [0, 0.1) is 17.8 Å². The molecule has 1 saturated carbocycles. The van der Waals surface area contributed by atoms with Crippen molar-refractivity contribution in [3.63, 3.8) is 0 Å². The lowest BCUT2D eigenvalue weighted by Crippen LogP contribution is -2.48. The third-order valence-electron chi connectivity index (χ3n) is 4.03. The standard InChI is InChI=1S/C13H24O3/c1-5-13(16-12(14)15)8-10(4)6-7-11(13)9(2)3/h9-11H,5-8H2,1-4H3,(H,14,15)/t10-,11+,13-/m1/s1. The molecular weight excluding hydrogens is 204 g/mol. The van der Waals surface area contributed by atoms with Gasteiger partial charge in [0.25, 0.3) is 0 Å². The quantitative estimate of drug-likeness (QED) is 0.745. The molecule has 16 heavy (non-hydrogen) atoms. The van der Waals surface area contributed by atoms with Crippen molar-refractivity contribution in [3.05, 3.63) is 0 Å². The molecule has 3 heteroatoms. The van der Waals surface area contributed by atoms with Crippen molar-refractivity contribution >= 4 is 6.16 Å². The van der Waals surface area contributed by atoms with Gasteiger partial charge in [-0.3, -0.25) is 0 Å². The van der Waals surface area contributed by atoms with E-state index in [9.17, 15) is 4.79 Å². The molecule has 0 aromatic carbocycles. The molecule has 1 aliphatic rings. The maximum absolute atomic E-state index is 10.9. The predicted molar refractivity (Wildman–Crippen MR) is 63.5 cm³/mol. The Hall–Kier alpha value is -0.730. The third kappa shape index (κ3) is 2.69. The molecule has 1 rings (SSSR count). The first-order chi connectivity index (χ1) is 7.41. The number of hydrogen-bond donors (Lipinski definition) is 1. The third-order valence-corrected chi connectivity index (χ3v) is 4.03. The van der Waals surface area contributed by atoms with Crippen LogP contribution in [0.15, 0.2) is 0 Å². The molecule has 0 spiro atoms. The van der Waals surface area contributed by atoms with Gasteiger partial charge in [-0.15, -0.1) is 0 Å². The second-order valence-electron chi connectivity index (χ2n) is 5.52. The van der Waals surface area contributed by atoms with Crippen molar-refractivity contribution in [2.75, 3.05) is 0 Å². The molecule has 0 bridgehead atoms. The molecule has 1 aliphatic carbocycles. The molecule has 0 unspecified atom stereocenters. The molecule has 94 valence electrons. The average molecular weight is 228 g/mol. The molecule has 3 atom stereocenters. The Kier molecular flexibility index (Phi) is 4.22. The summed E-state index contributed by atoms with van der Waals surface area (Å²) >= 11 is 0.